The van der Waals surface area contributed by atoms with E-state index in [2.05, 4.69) is 22.0 Å². The minimum atomic E-state index is 0.0220. The van der Waals surface area contributed by atoms with Crippen LogP contribution in [0.2, 0.25) is 0 Å². The van der Waals surface area contributed by atoms with Crippen molar-refractivity contribution < 1.29 is 9.84 Å². The van der Waals surface area contributed by atoms with Gasteiger partial charge in [-0.2, -0.15) is 0 Å². The highest BCUT2D eigenvalue weighted by Crippen LogP contribution is 2.24. The third kappa shape index (κ3) is 5.27. The van der Waals surface area contributed by atoms with Gasteiger partial charge in [0.1, 0.15) is 5.75 Å². The predicted octanol–water partition coefficient (Wildman–Crippen LogP) is 4.08. The van der Waals surface area contributed by atoms with Gasteiger partial charge >= 0.3 is 0 Å². The molecule has 0 aliphatic heterocycles. The largest absolute Gasteiger partial charge is 0.497 e. The number of nitrogens with one attached hydrogen (secondary N) is 1. The van der Waals surface area contributed by atoms with E-state index in [4.69, 9.17) is 4.74 Å². The van der Waals surface area contributed by atoms with E-state index in [0.29, 0.717) is 19.5 Å². The standard InChI is InChI=1S/C24H28N2O3/c1-3-21-15-23(28)16-22(26(21)13-4-14-27)17-25-20-9-5-18(6-10-20)19-7-11-24(29-2)12-8-19/h5-12,15-16,25,27H,3-4,13-14,17H2,1-2H3. The number of aromatic nitrogens is 1. The van der Waals surface area contributed by atoms with Crippen LogP contribution in [0.5, 0.6) is 5.75 Å². The van der Waals surface area contributed by atoms with Crippen molar-refractivity contribution >= 4 is 5.69 Å². The number of ether oxygens (including phenoxy) is 1. The number of benzene rings is 2. The molecule has 3 rings (SSSR count). The molecule has 1 heterocycles. The SMILES string of the molecule is CCc1cc(=O)cc(CNc2ccc(-c3ccc(OC)cc3)cc2)n1CCCO. The first kappa shape index (κ1) is 20.7. The van der Waals surface area contributed by atoms with E-state index < -0.39 is 0 Å². The van der Waals surface area contributed by atoms with Crippen LogP contribution in [0.4, 0.5) is 5.69 Å². The Morgan fingerprint density at radius 1 is 0.966 bits per heavy atom. The number of hydrogen-bond donors (Lipinski definition) is 2. The van der Waals surface area contributed by atoms with Crippen molar-refractivity contribution in [3.05, 3.63) is 82.3 Å². The molecule has 1 aromatic heterocycles. The molecule has 3 aromatic rings. The van der Waals surface area contributed by atoms with Crippen molar-refractivity contribution in [2.24, 2.45) is 0 Å². The van der Waals surface area contributed by atoms with Gasteiger partial charge in [0, 0.05) is 42.4 Å². The van der Waals surface area contributed by atoms with Crippen LogP contribution in [0.3, 0.4) is 0 Å². The summed E-state index contributed by atoms with van der Waals surface area (Å²) in [7, 11) is 1.66. The molecular weight excluding hydrogens is 364 g/mol. The van der Waals surface area contributed by atoms with Crippen LogP contribution in [0.25, 0.3) is 11.1 Å². The number of pyridine rings is 1. The molecule has 0 aliphatic rings. The Hall–Kier alpha value is -3.05. The first-order valence-electron chi connectivity index (χ1n) is 9.96. The van der Waals surface area contributed by atoms with Gasteiger partial charge in [-0.15, -0.1) is 0 Å². The van der Waals surface area contributed by atoms with Crippen LogP contribution in [-0.4, -0.2) is 23.4 Å². The van der Waals surface area contributed by atoms with Crippen LogP contribution >= 0.6 is 0 Å². The molecule has 0 radical (unpaired) electrons. The van der Waals surface area contributed by atoms with Gasteiger partial charge in [0.05, 0.1) is 13.7 Å². The number of rotatable bonds is 9. The summed E-state index contributed by atoms with van der Waals surface area (Å²) in [5.74, 6) is 0.841. The maximum atomic E-state index is 12.1. The van der Waals surface area contributed by atoms with Crippen LogP contribution in [0.15, 0.2) is 65.5 Å². The minimum Gasteiger partial charge on any atom is -0.497 e. The van der Waals surface area contributed by atoms with Crippen molar-refractivity contribution in [3.8, 4) is 16.9 Å². The number of nitrogens with zero attached hydrogens (tertiary/aromatic N) is 1. The molecule has 0 saturated carbocycles. The molecule has 2 N–H and O–H groups in total. The summed E-state index contributed by atoms with van der Waals surface area (Å²) in [6.45, 7) is 3.43. The number of anilines is 1. The molecule has 0 aliphatic carbocycles. The van der Waals surface area contributed by atoms with E-state index in [9.17, 15) is 9.90 Å². The van der Waals surface area contributed by atoms with Crippen LogP contribution in [-0.2, 0) is 19.5 Å². The molecule has 2 aromatic carbocycles. The fourth-order valence-corrected chi connectivity index (χ4v) is 3.42. The Labute approximate surface area is 171 Å². The maximum Gasteiger partial charge on any atom is 0.182 e. The molecular formula is C24H28N2O3. The number of aliphatic hydroxyl groups is 1. The number of methoxy groups -OCH3 is 1. The Balaban J connectivity index is 1.74. The fraction of sp³-hybridized carbons (Fsp3) is 0.292. The van der Waals surface area contributed by atoms with Gasteiger partial charge in [0.2, 0.25) is 0 Å². The average molecular weight is 392 g/mol. The molecule has 0 spiro atoms. The van der Waals surface area contributed by atoms with Crippen LogP contribution < -0.4 is 15.5 Å². The minimum absolute atomic E-state index is 0.0220. The molecule has 0 bridgehead atoms. The van der Waals surface area contributed by atoms with Crippen molar-refractivity contribution in [1.29, 1.82) is 0 Å². The Kier molecular flexibility index (Phi) is 7.09. The fourth-order valence-electron chi connectivity index (χ4n) is 3.42. The van der Waals surface area contributed by atoms with Crippen molar-refractivity contribution in [3.63, 3.8) is 0 Å². The summed E-state index contributed by atoms with van der Waals surface area (Å²) < 4.78 is 7.34. The third-order valence-corrected chi connectivity index (χ3v) is 5.00. The Bertz CT molecular complexity index is 977. The van der Waals surface area contributed by atoms with E-state index in [-0.39, 0.29) is 12.0 Å². The Morgan fingerprint density at radius 3 is 2.17 bits per heavy atom. The molecule has 5 heteroatoms. The second kappa shape index (κ2) is 9.94. The smallest absolute Gasteiger partial charge is 0.182 e. The highest BCUT2D eigenvalue weighted by molar-refractivity contribution is 5.66. The van der Waals surface area contributed by atoms with Crippen LogP contribution in [0, 0.1) is 0 Å². The number of aryl methyl sites for hydroxylation is 1. The Morgan fingerprint density at radius 2 is 1.59 bits per heavy atom. The van der Waals surface area contributed by atoms with Crippen molar-refractivity contribution in [2.75, 3.05) is 19.0 Å². The van der Waals surface area contributed by atoms with Gasteiger partial charge < -0.3 is 19.7 Å². The zero-order valence-corrected chi connectivity index (χ0v) is 17.0. The second-order valence-electron chi connectivity index (χ2n) is 6.92. The maximum absolute atomic E-state index is 12.1. The van der Waals surface area contributed by atoms with Gasteiger partial charge in [-0.25, -0.2) is 0 Å². The van der Waals surface area contributed by atoms with Crippen LogP contribution in [0.1, 0.15) is 24.7 Å². The van der Waals surface area contributed by atoms with Gasteiger partial charge in [0.25, 0.3) is 0 Å². The highest BCUT2D eigenvalue weighted by Gasteiger charge is 2.07. The molecule has 0 fully saturated rings. The first-order chi connectivity index (χ1) is 14.1. The molecule has 0 atom stereocenters. The lowest BCUT2D eigenvalue weighted by Crippen LogP contribution is -2.19. The topological polar surface area (TPSA) is 63.5 Å². The van der Waals surface area contributed by atoms with Crippen molar-refractivity contribution in [2.45, 2.75) is 32.9 Å². The summed E-state index contributed by atoms with van der Waals surface area (Å²) in [5.41, 5.74) is 5.20. The zero-order chi connectivity index (χ0) is 20.6. The summed E-state index contributed by atoms with van der Waals surface area (Å²) in [5, 5.41) is 12.6. The zero-order valence-electron chi connectivity index (χ0n) is 17.0. The second-order valence-corrected chi connectivity index (χ2v) is 6.92. The summed E-state index contributed by atoms with van der Waals surface area (Å²) in [6, 6.07) is 19.6. The first-order valence-corrected chi connectivity index (χ1v) is 9.96. The molecule has 29 heavy (non-hydrogen) atoms. The van der Waals surface area contributed by atoms with Gasteiger partial charge in [-0.3, -0.25) is 4.79 Å². The summed E-state index contributed by atoms with van der Waals surface area (Å²) in [4.78, 5) is 12.1. The lowest BCUT2D eigenvalue weighted by Gasteiger charge is -2.18. The van der Waals surface area contributed by atoms with E-state index in [1.54, 1.807) is 19.2 Å². The average Bonchev–Trinajstić information content (AvgIpc) is 2.77. The lowest BCUT2D eigenvalue weighted by molar-refractivity contribution is 0.278. The third-order valence-electron chi connectivity index (χ3n) is 5.00. The van der Waals surface area contributed by atoms with E-state index in [1.165, 1.54) is 0 Å². The van der Waals surface area contributed by atoms with Gasteiger partial charge in [-0.05, 0) is 48.2 Å². The summed E-state index contributed by atoms with van der Waals surface area (Å²) in [6.07, 6.45) is 1.45. The quantitative estimate of drug-likeness (QED) is 0.576. The van der Waals surface area contributed by atoms with E-state index in [0.717, 1.165) is 40.4 Å². The van der Waals surface area contributed by atoms with Crippen molar-refractivity contribution in [1.82, 2.24) is 4.57 Å². The molecule has 0 amide bonds. The summed E-state index contributed by atoms with van der Waals surface area (Å²) >= 11 is 0. The predicted molar refractivity (Wildman–Crippen MR) is 118 cm³/mol. The highest BCUT2D eigenvalue weighted by atomic mass is 16.5. The number of aliphatic hydroxyl groups excluding tert-OH is 1. The molecule has 0 unspecified atom stereocenters. The number of hydrogen-bond acceptors (Lipinski definition) is 4. The molecule has 5 nitrogen and oxygen atoms in total. The van der Waals surface area contributed by atoms with E-state index >= 15 is 0 Å². The van der Waals surface area contributed by atoms with E-state index in [1.807, 2.05) is 43.3 Å². The lowest BCUT2D eigenvalue weighted by atomic mass is 10.1. The molecule has 152 valence electrons. The molecule has 0 saturated heterocycles. The normalized spacial score (nSPS) is 10.7. The van der Waals surface area contributed by atoms with Gasteiger partial charge in [-0.1, -0.05) is 31.2 Å². The monoisotopic (exact) mass is 392 g/mol. The van der Waals surface area contributed by atoms with Gasteiger partial charge in [0.15, 0.2) is 5.43 Å².